The summed E-state index contributed by atoms with van der Waals surface area (Å²) in [5.41, 5.74) is 1.74. The van der Waals surface area contributed by atoms with Gasteiger partial charge in [-0.3, -0.25) is 14.2 Å². The maximum absolute atomic E-state index is 12.4. The highest BCUT2D eigenvalue weighted by molar-refractivity contribution is 7.16. The molecular weight excluding hydrogens is 380 g/mol. The maximum atomic E-state index is 12.4. The van der Waals surface area contributed by atoms with Crippen LogP contribution in [0, 0.1) is 0 Å². The van der Waals surface area contributed by atoms with Crippen molar-refractivity contribution in [3.8, 4) is 0 Å². The van der Waals surface area contributed by atoms with Crippen LogP contribution in [0.25, 0.3) is 10.2 Å². The number of hydrogen-bond donors (Lipinski definition) is 1. The minimum absolute atomic E-state index is 0.0710. The fourth-order valence-electron chi connectivity index (χ4n) is 2.68. The first kappa shape index (κ1) is 17.6. The number of carbonyl (C=O) groups excluding carboxylic acids is 1. The van der Waals surface area contributed by atoms with Crippen LogP contribution in [-0.2, 0) is 24.3 Å². The Bertz CT molecular complexity index is 1130. The summed E-state index contributed by atoms with van der Waals surface area (Å²) in [5, 5.41) is 7.99. The van der Waals surface area contributed by atoms with E-state index in [2.05, 4.69) is 15.3 Å². The van der Waals surface area contributed by atoms with E-state index >= 15 is 0 Å². The van der Waals surface area contributed by atoms with Gasteiger partial charge in [0.05, 0.1) is 30.4 Å². The number of thiophene rings is 1. The molecule has 3 heterocycles. The van der Waals surface area contributed by atoms with Crippen molar-refractivity contribution < 1.29 is 4.79 Å². The number of thiazole rings is 1. The Kier molecular flexibility index (Phi) is 5.08. The van der Waals surface area contributed by atoms with Gasteiger partial charge in [-0.05, 0) is 17.0 Å². The highest BCUT2D eigenvalue weighted by Gasteiger charge is 2.10. The molecule has 6 nitrogen and oxygen atoms in total. The molecule has 27 heavy (non-hydrogen) atoms. The van der Waals surface area contributed by atoms with Gasteiger partial charge in [0.2, 0.25) is 5.91 Å². The SMILES string of the molecule is O=C(Cc1nc(Cn2cnc3sccc3c2=O)cs1)NCc1ccccc1. The number of hydrogen-bond acceptors (Lipinski definition) is 6. The van der Waals surface area contributed by atoms with Crippen molar-refractivity contribution in [2.24, 2.45) is 0 Å². The van der Waals surface area contributed by atoms with Crippen LogP contribution in [0.2, 0.25) is 0 Å². The van der Waals surface area contributed by atoms with Gasteiger partial charge in [0.1, 0.15) is 9.84 Å². The number of benzene rings is 1. The summed E-state index contributed by atoms with van der Waals surface area (Å²) in [4.78, 5) is 34.1. The smallest absolute Gasteiger partial charge is 0.262 e. The van der Waals surface area contributed by atoms with Gasteiger partial charge in [-0.1, -0.05) is 30.3 Å². The number of aromatic nitrogens is 3. The summed E-state index contributed by atoms with van der Waals surface area (Å²) in [7, 11) is 0. The van der Waals surface area contributed by atoms with Gasteiger partial charge in [0.15, 0.2) is 0 Å². The van der Waals surface area contributed by atoms with Crippen LogP contribution in [0.5, 0.6) is 0 Å². The normalized spacial score (nSPS) is 11.0. The molecule has 0 aliphatic carbocycles. The van der Waals surface area contributed by atoms with Gasteiger partial charge in [0.25, 0.3) is 5.56 Å². The zero-order chi connectivity index (χ0) is 18.6. The van der Waals surface area contributed by atoms with Crippen molar-refractivity contribution in [1.29, 1.82) is 0 Å². The van der Waals surface area contributed by atoms with Crippen LogP contribution in [-0.4, -0.2) is 20.4 Å². The van der Waals surface area contributed by atoms with Crippen LogP contribution in [0.4, 0.5) is 0 Å². The molecule has 0 atom stereocenters. The number of nitrogens with zero attached hydrogens (tertiary/aromatic N) is 3. The van der Waals surface area contributed by atoms with E-state index in [-0.39, 0.29) is 17.9 Å². The molecule has 0 radical (unpaired) electrons. The molecule has 8 heteroatoms. The first-order valence-electron chi connectivity index (χ1n) is 8.35. The van der Waals surface area contributed by atoms with Crippen molar-refractivity contribution in [1.82, 2.24) is 19.9 Å². The zero-order valence-electron chi connectivity index (χ0n) is 14.3. The molecule has 0 unspecified atom stereocenters. The highest BCUT2D eigenvalue weighted by Crippen LogP contribution is 2.15. The van der Waals surface area contributed by atoms with E-state index in [1.54, 1.807) is 17.0 Å². The predicted octanol–water partition coefficient (Wildman–Crippen LogP) is 2.82. The molecule has 3 aromatic heterocycles. The fourth-order valence-corrected chi connectivity index (χ4v) is 4.19. The summed E-state index contributed by atoms with van der Waals surface area (Å²) in [5.74, 6) is -0.0710. The van der Waals surface area contributed by atoms with Crippen molar-refractivity contribution in [2.75, 3.05) is 0 Å². The van der Waals surface area contributed by atoms with Crippen LogP contribution in [0.3, 0.4) is 0 Å². The third kappa shape index (κ3) is 4.12. The quantitative estimate of drug-likeness (QED) is 0.544. The molecule has 4 rings (SSSR count). The molecule has 0 spiro atoms. The van der Waals surface area contributed by atoms with Gasteiger partial charge in [0, 0.05) is 11.9 Å². The third-order valence-corrected chi connectivity index (χ3v) is 5.74. The van der Waals surface area contributed by atoms with E-state index in [9.17, 15) is 9.59 Å². The average molecular weight is 396 g/mol. The first-order valence-corrected chi connectivity index (χ1v) is 10.1. The largest absolute Gasteiger partial charge is 0.352 e. The van der Waals surface area contributed by atoms with E-state index in [4.69, 9.17) is 0 Å². The van der Waals surface area contributed by atoms with E-state index in [0.717, 1.165) is 21.1 Å². The summed E-state index contributed by atoms with van der Waals surface area (Å²) < 4.78 is 1.55. The molecule has 0 aliphatic rings. The molecule has 0 saturated carbocycles. The van der Waals surface area contributed by atoms with Crippen molar-refractivity contribution in [3.05, 3.63) is 80.1 Å². The highest BCUT2D eigenvalue weighted by atomic mass is 32.1. The topological polar surface area (TPSA) is 76.9 Å². The van der Waals surface area contributed by atoms with Crippen molar-refractivity contribution in [3.63, 3.8) is 0 Å². The molecule has 1 amide bonds. The lowest BCUT2D eigenvalue weighted by Crippen LogP contribution is -2.24. The lowest BCUT2D eigenvalue weighted by Gasteiger charge is -2.04. The number of nitrogens with one attached hydrogen (secondary N) is 1. The maximum Gasteiger partial charge on any atom is 0.262 e. The minimum Gasteiger partial charge on any atom is -0.352 e. The van der Waals surface area contributed by atoms with Gasteiger partial charge in [-0.2, -0.15) is 0 Å². The number of rotatable bonds is 6. The second kappa shape index (κ2) is 7.81. The van der Waals surface area contributed by atoms with E-state index < -0.39 is 0 Å². The number of carbonyl (C=O) groups is 1. The molecular formula is C19H16N4O2S2. The molecule has 0 bridgehead atoms. The lowest BCUT2D eigenvalue weighted by molar-refractivity contribution is -0.120. The molecule has 0 aliphatic heterocycles. The lowest BCUT2D eigenvalue weighted by atomic mass is 10.2. The molecule has 1 N–H and O–H groups in total. The van der Waals surface area contributed by atoms with E-state index in [1.807, 2.05) is 41.1 Å². The second-order valence-electron chi connectivity index (χ2n) is 5.99. The Balaban J connectivity index is 1.38. The molecule has 136 valence electrons. The van der Waals surface area contributed by atoms with Crippen molar-refractivity contribution >= 4 is 38.8 Å². The Morgan fingerprint density at radius 2 is 2.00 bits per heavy atom. The second-order valence-corrected chi connectivity index (χ2v) is 7.83. The molecule has 1 aromatic carbocycles. The van der Waals surface area contributed by atoms with Crippen molar-refractivity contribution in [2.45, 2.75) is 19.5 Å². The Morgan fingerprint density at radius 3 is 2.85 bits per heavy atom. The summed E-state index contributed by atoms with van der Waals surface area (Å²) in [6, 6.07) is 11.6. The van der Waals surface area contributed by atoms with Crippen LogP contribution in [0.1, 0.15) is 16.3 Å². The Morgan fingerprint density at radius 1 is 1.15 bits per heavy atom. The summed E-state index contributed by atoms with van der Waals surface area (Å²) >= 11 is 2.87. The first-order chi connectivity index (χ1) is 13.2. The van der Waals surface area contributed by atoms with E-state index in [1.165, 1.54) is 22.7 Å². The summed E-state index contributed by atoms with van der Waals surface area (Å²) in [6.45, 7) is 0.847. The molecule has 0 saturated heterocycles. The molecule has 0 fully saturated rings. The number of amides is 1. The Labute approximate surface area is 163 Å². The summed E-state index contributed by atoms with van der Waals surface area (Å²) in [6.07, 6.45) is 1.78. The minimum atomic E-state index is -0.0728. The van der Waals surface area contributed by atoms with Gasteiger partial charge in [-0.15, -0.1) is 22.7 Å². The third-order valence-electron chi connectivity index (χ3n) is 4.03. The van der Waals surface area contributed by atoms with E-state index in [0.29, 0.717) is 18.5 Å². The van der Waals surface area contributed by atoms with Gasteiger partial charge >= 0.3 is 0 Å². The average Bonchev–Trinajstić information content (AvgIpc) is 3.33. The molecule has 4 aromatic rings. The number of fused-ring (bicyclic) bond motifs is 1. The van der Waals surface area contributed by atoms with Crippen LogP contribution >= 0.6 is 22.7 Å². The van der Waals surface area contributed by atoms with Crippen LogP contribution < -0.4 is 10.9 Å². The standard InChI is InChI=1S/C19H16N4O2S2/c24-16(20-9-13-4-2-1-3-5-13)8-17-22-14(11-27-17)10-23-12-21-18-15(19(23)25)6-7-26-18/h1-7,11-12H,8-10H2,(H,20,24). The van der Waals surface area contributed by atoms with Crippen LogP contribution in [0.15, 0.2) is 58.3 Å². The predicted molar refractivity (Wildman–Crippen MR) is 107 cm³/mol. The fraction of sp³-hybridized carbons (Fsp3) is 0.158. The van der Waals surface area contributed by atoms with Gasteiger partial charge in [-0.25, -0.2) is 9.97 Å². The zero-order valence-corrected chi connectivity index (χ0v) is 15.9. The van der Waals surface area contributed by atoms with Gasteiger partial charge < -0.3 is 5.32 Å². The monoisotopic (exact) mass is 396 g/mol. The Hall–Kier alpha value is -2.84.